The first-order valence-corrected chi connectivity index (χ1v) is 11.9. The van der Waals surface area contributed by atoms with Crippen LogP contribution in [-0.2, 0) is 14.8 Å². The second kappa shape index (κ2) is 7.54. The topological polar surface area (TPSA) is 57.7 Å². The van der Waals surface area contributed by atoms with Crippen LogP contribution < -0.4 is 4.90 Å². The number of aryl methyl sites for hydroxylation is 1. The molecule has 0 N–H and O–H groups in total. The van der Waals surface area contributed by atoms with Gasteiger partial charge in [0.15, 0.2) is 0 Å². The zero-order chi connectivity index (χ0) is 19.9. The van der Waals surface area contributed by atoms with Crippen LogP contribution in [0.4, 0.5) is 5.69 Å². The Morgan fingerprint density at radius 3 is 2.57 bits per heavy atom. The van der Waals surface area contributed by atoms with Crippen LogP contribution in [-0.4, -0.2) is 44.0 Å². The minimum atomic E-state index is -3.58. The van der Waals surface area contributed by atoms with Crippen molar-refractivity contribution in [3.63, 3.8) is 0 Å². The molecule has 0 aromatic heterocycles. The largest absolute Gasteiger partial charge is 0.311 e. The third-order valence-electron chi connectivity index (χ3n) is 5.51. The van der Waals surface area contributed by atoms with Gasteiger partial charge in [-0.05, 0) is 43.0 Å². The summed E-state index contributed by atoms with van der Waals surface area (Å²) >= 11 is 1.66. The summed E-state index contributed by atoms with van der Waals surface area (Å²) in [5.74, 6) is 0.984. The molecule has 2 aromatic carbocycles. The number of fused-ring (bicyclic) bond motifs is 1. The Kier molecular flexibility index (Phi) is 5.24. The second-order valence-corrected chi connectivity index (χ2v) is 10.5. The molecular formula is C21H24N2O3S2. The van der Waals surface area contributed by atoms with Gasteiger partial charge in [-0.3, -0.25) is 4.79 Å². The number of thioether (sulfide) groups is 1. The second-order valence-electron chi connectivity index (χ2n) is 7.41. The zero-order valence-corrected chi connectivity index (χ0v) is 17.7. The van der Waals surface area contributed by atoms with E-state index in [9.17, 15) is 13.2 Å². The molecule has 0 unspecified atom stereocenters. The molecule has 0 radical (unpaired) electrons. The Labute approximate surface area is 170 Å². The first-order valence-electron chi connectivity index (χ1n) is 9.48. The number of anilines is 1. The predicted molar refractivity (Wildman–Crippen MR) is 112 cm³/mol. The fraction of sp³-hybridized carbons (Fsp3) is 0.381. The van der Waals surface area contributed by atoms with E-state index < -0.39 is 10.0 Å². The van der Waals surface area contributed by atoms with Crippen LogP contribution in [0, 0.1) is 6.92 Å². The first kappa shape index (κ1) is 19.5. The van der Waals surface area contributed by atoms with Gasteiger partial charge in [-0.2, -0.15) is 4.31 Å². The number of benzene rings is 2. The summed E-state index contributed by atoms with van der Waals surface area (Å²) in [5, 5.41) is 0. The fourth-order valence-corrected chi connectivity index (χ4v) is 6.39. The molecule has 2 aliphatic rings. The quantitative estimate of drug-likeness (QED) is 0.767. The van der Waals surface area contributed by atoms with E-state index in [1.165, 1.54) is 18.1 Å². The van der Waals surface area contributed by atoms with Crippen molar-refractivity contribution in [3.8, 4) is 0 Å². The van der Waals surface area contributed by atoms with E-state index in [2.05, 4.69) is 24.3 Å². The summed E-state index contributed by atoms with van der Waals surface area (Å²) in [7, 11) is -3.58. The number of carbonyl (C=O) groups is 1. The van der Waals surface area contributed by atoms with Crippen LogP contribution >= 0.6 is 11.8 Å². The molecule has 5 nitrogen and oxygen atoms in total. The molecule has 1 fully saturated rings. The summed E-state index contributed by atoms with van der Waals surface area (Å²) in [6, 6.07) is 13.5. The lowest BCUT2D eigenvalue weighted by Crippen LogP contribution is -2.34. The number of hydrogen-bond donors (Lipinski definition) is 0. The van der Waals surface area contributed by atoms with Gasteiger partial charge in [-0.15, -0.1) is 11.8 Å². The van der Waals surface area contributed by atoms with Crippen molar-refractivity contribution in [3.05, 3.63) is 53.6 Å². The summed E-state index contributed by atoms with van der Waals surface area (Å²) in [5.41, 5.74) is 3.10. The smallest absolute Gasteiger partial charge is 0.243 e. The maximum absolute atomic E-state index is 13.2. The van der Waals surface area contributed by atoms with Crippen LogP contribution in [0.1, 0.15) is 30.4 Å². The molecule has 28 heavy (non-hydrogen) atoms. The Hall–Kier alpha value is -1.83. The fourth-order valence-electron chi connectivity index (χ4n) is 3.89. The summed E-state index contributed by atoms with van der Waals surface area (Å²) in [6.07, 6.45) is 0.822. The van der Waals surface area contributed by atoms with Crippen molar-refractivity contribution < 1.29 is 13.2 Å². The average Bonchev–Trinajstić information content (AvgIpc) is 3.18. The molecule has 4 rings (SSSR count). The van der Waals surface area contributed by atoms with Gasteiger partial charge in [0.2, 0.25) is 15.9 Å². The van der Waals surface area contributed by atoms with Gasteiger partial charge in [0.25, 0.3) is 0 Å². The number of nitrogens with zero attached hydrogens (tertiary/aromatic N) is 2. The van der Waals surface area contributed by atoms with Gasteiger partial charge in [0, 0.05) is 37.2 Å². The van der Waals surface area contributed by atoms with Gasteiger partial charge in [0.05, 0.1) is 10.6 Å². The lowest BCUT2D eigenvalue weighted by atomic mass is 9.98. The van der Waals surface area contributed by atoms with Gasteiger partial charge < -0.3 is 4.90 Å². The van der Waals surface area contributed by atoms with E-state index in [0.717, 1.165) is 17.1 Å². The SMILES string of the molecule is CC(=O)N1CCSc2ccc(S(=O)(=O)N3CC[C@@H](c4ccc(C)cc4)C3)cc21. The number of amides is 1. The van der Waals surface area contributed by atoms with Crippen molar-refractivity contribution in [2.24, 2.45) is 0 Å². The van der Waals surface area contributed by atoms with E-state index in [1.807, 2.05) is 13.0 Å². The van der Waals surface area contributed by atoms with Gasteiger partial charge in [-0.1, -0.05) is 29.8 Å². The van der Waals surface area contributed by atoms with Crippen LogP contribution in [0.3, 0.4) is 0 Å². The highest BCUT2D eigenvalue weighted by Crippen LogP contribution is 2.38. The van der Waals surface area contributed by atoms with Gasteiger partial charge in [-0.25, -0.2) is 8.42 Å². The van der Waals surface area contributed by atoms with Crippen molar-refractivity contribution in [2.75, 3.05) is 30.3 Å². The van der Waals surface area contributed by atoms with Crippen LogP contribution in [0.5, 0.6) is 0 Å². The van der Waals surface area contributed by atoms with E-state index in [1.54, 1.807) is 33.1 Å². The lowest BCUT2D eigenvalue weighted by molar-refractivity contribution is -0.116. The monoisotopic (exact) mass is 416 g/mol. The Morgan fingerprint density at radius 1 is 1.11 bits per heavy atom. The predicted octanol–water partition coefficient (Wildman–Crippen LogP) is 3.63. The summed E-state index contributed by atoms with van der Waals surface area (Å²) in [6.45, 7) is 5.19. The molecule has 2 heterocycles. The lowest BCUT2D eigenvalue weighted by Gasteiger charge is -2.29. The maximum Gasteiger partial charge on any atom is 0.243 e. The molecule has 7 heteroatoms. The molecule has 2 aromatic rings. The maximum atomic E-state index is 13.2. The highest BCUT2D eigenvalue weighted by Gasteiger charge is 2.34. The number of carbonyl (C=O) groups excluding carboxylic acids is 1. The molecule has 0 spiro atoms. The Balaban J connectivity index is 1.60. The van der Waals surface area contributed by atoms with E-state index in [0.29, 0.717) is 25.3 Å². The van der Waals surface area contributed by atoms with Gasteiger partial charge >= 0.3 is 0 Å². The molecule has 1 amide bonds. The van der Waals surface area contributed by atoms with Crippen molar-refractivity contribution in [1.82, 2.24) is 4.31 Å². The molecule has 1 saturated heterocycles. The van der Waals surface area contributed by atoms with Crippen molar-refractivity contribution in [2.45, 2.75) is 36.0 Å². The summed E-state index contributed by atoms with van der Waals surface area (Å²) in [4.78, 5) is 14.9. The van der Waals surface area contributed by atoms with Crippen molar-refractivity contribution >= 4 is 33.4 Å². The van der Waals surface area contributed by atoms with Gasteiger partial charge in [0.1, 0.15) is 0 Å². The van der Waals surface area contributed by atoms with Crippen LogP contribution in [0.15, 0.2) is 52.3 Å². The van der Waals surface area contributed by atoms with Crippen LogP contribution in [0.25, 0.3) is 0 Å². The highest BCUT2D eigenvalue weighted by molar-refractivity contribution is 7.99. The Bertz CT molecular complexity index is 1000. The van der Waals surface area contributed by atoms with Crippen molar-refractivity contribution in [1.29, 1.82) is 0 Å². The standard InChI is InChI=1S/C21H24N2O3S2/c1-15-3-5-17(6-4-15)18-9-10-22(14-18)28(25,26)19-7-8-21-20(13-19)23(16(2)24)11-12-27-21/h3-8,13,18H,9-12,14H2,1-2H3/t18-/m1/s1. The van der Waals surface area contributed by atoms with E-state index in [-0.39, 0.29) is 16.7 Å². The first-order chi connectivity index (χ1) is 13.4. The number of rotatable bonds is 3. The molecule has 148 valence electrons. The van der Waals surface area contributed by atoms with Crippen LogP contribution in [0.2, 0.25) is 0 Å². The third kappa shape index (κ3) is 3.58. The third-order valence-corrected chi connectivity index (χ3v) is 8.42. The average molecular weight is 417 g/mol. The number of sulfonamides is 1. The normalized spacial score (nSPS) is 20.2. The molecule has 1 atom stereocenters. The van der Waals surface area contributed by atoms with E-state index in [4.69, 9.17) is 0 Å². The molecular weight excluding hydrogens is 392 g/mol. The minimum Gasteiger partial charge on any atom is -0.311 e. The summed E-state index contributed by atoms with van der Waals surface area (Å²) < 4.78 is 28.1. The minimum absolute atomic E-state index is 0.0586. The molecule has 0 bridgehead atoms. The molecule has 0 saturated carbocycles. The highest BCUT2D eigenvalue weighted by atomic mass is 32.2. The molecule has 2 aliphatic heterocycles. The van der Waals surface area contributed by atoms with E-state index >= 15 is 0 Å². The molecule has 0 aliphatic carbocycles. The number of hydrogen-bond acceptors (Lipinski definition) is 4. The Morgan fingerprint density at radius 2 is 1.86 bits per heavy atom. The zero-order valence-electron chi connectivity index (χ0n) is 16.1.